The minimum Gasteiger partial charge on any atom is -0.394 e. The first kappa shape index (κ1) is 19.8. The van der Waals surface area contributed by atoms with Crippen LogP contribution in [0, 0.1) is 17.8 Å². The van der Waals surface area contributed by atoms with Crippen molar-refractivity contribution in [1.82, 2.24) is 9.80 Å². The van der Waals surface area contributed by atoms with Gasteiger partial charge in [-0.25, -0.2) is 0 Å². The Kier molecular flexibility index (Phi) is 5.25. The summed E-state index contributed by atoms with van der Waals surface area (Å²) < 4.78 is 0. The molecule has 5 rings (SSSR count). The molecule has 0 radical (unpaired) electrons. The van der Waals surface area contributed by atoms with Crippen LogP contribution in [0.25, 0.3) is 0 Å². The molecule has 1 aliphatic carbocycles. The summed E-state index contributed by atoms with van der Waals surface area (Å²) in [5.41, 5.74) is 2.97. The predicted molar refractivity (Wildman–Crippen MR) is 117 cm³/mol. The van der Waals surface area contributed by atoms with Gasteiger partial charge in [0.1, 0.15) is 0 Å². The van der Waals surface area contributed by atoms with E-state index in [1.165, 1.54) is 0 Å². The highest BCUT2D eigenvalue weighted by Crippen LogP contribution is 2.43. The van der Waals surface area contributed by atoms with E-state index in [1.54, 1.807) is 9.80 Å². The lowest BCUT2D eigenvalue weighted by Crippen LogP contribution is -2.73. The van der Waals surface area contributed by atoms with Crippen molar-refractivity contribution >= 4 is 11.8 Å². The van der Waals surface area contributed by atoms with E-state index in [0.29, 0.717) is 18.9 Å². The molecule has 0 bridgehead atoms. The molecule has 3 fully saturated rings. The Balaban J connectivity index is 1.32. The Morgan fingerprint density at radius 2 is 1.68 bits per heavy atom. The number of carbonyl (C=O) groups is 2. The van der Waals surface area contributed by atoms with Crippen LogP contribution >= 0.6 is 0 Å². The maximum absolute atomic E-state index is 12.7. The Hall–Kier alpha value is -3.10. The third-order valence-electron chi connectivity index (χ3n) is 6.69. The first-order valence-corrected chi connectivity index (χ1v) is 11.0. The molecule has 2 amide bonds. The van der Waals surface area contributed by atoms with Crippen molar-refractivity contribution in [3.8, 4) is 11.8 Å². The number of fused-ring (bicyclic) bond motifs is 1. The van der Waals surface area contributed by atoms with Gasteiger partial charge in [-0.1, -0.05) is 42.2 Å². The first-order chi connectivity index (χ1) is 15.1. The maximum Gasteiger partial charge on any atom is 0.242 e. The van der Waals surface area contributed by atoms with Crippen molar-refractivity contribution in [2.45, 2.75) is 37.3 Å². The molecule has 2 aromatic carbocycles. The van der Waals surface area contributed by atoms with Crippen LogP contribution in [0.4, 0.5) is 0 Å². The molecule has 2 heterocycles. The van der Waals surface area contributed by atoms with Crippen LogP contribution in [-0.2, 0) is 9.59 Å². The molecule has 3 atom stereocenters. The molecule has 1 N–H and O–H groups in total. The van der Waals surface area contributed by atoms with E-state index < -0.39 is 0 Å². The number of nitrogens with zero attached hydrogens (tertiary/aromatic N) is 2. The zero-order valence-electron chi connectivity index (χ0n) is 17.4. The van der Waals surface area contributed by atoms with Crippen molar-refractivity contribution in [3.63, 3.8) is 0 Å². The van der Waals surface area contributed by atoms with Crippen LogP contribution in [0.1, 0.15) is 41.9 Å². The van der Waals surface area contributed by atoms with Gasteiger partial charge >= 0.3 is 0 Å². The number of benzene rings is 2. The lowest BCUT2D eigenvalue weighted by atomic mass is 9.73. The lowest BCUT2D eigenvalue weighted by Gasteiger charge is -2.58. The highest BCUT2D eigenvalue weighted by atomic mass is 16.3. The van der Waals surface area contributed by atoms with Crippen LogP contribution < -0.4 is 0 Å². The summed E-state index contributed by atoms with van der Waals surface area (Å²) in [5, 5.41) is 9.94. The molecule has 31 heavy (non-hydrogen) atoms. The number of rotatable bonds is 4. The molecule has 2 aromatic rings. The average Bonchev–Trinajstić information content (AvgIpc) is 3.59. The molecule has 158 valence electrons. The number of aliphatic hydroxyl groups is 1. The number of piperazine rings is 1. The van der Waals surface area contributed by atoms with E-state index in [4.69, 9.17) is 0 Å². The molecular weight excluding hydrogens is 388 g/mol. The van der Waals surface area contributed by atoms with Gasteiger partial charge in [0.2, 0.25) is 11.8 Å². The number of amides is 2. The lowest BCUT2D eigenvalue weighted by molar-refractivity contribution is -0.167. The summed E-state index contributed by atoms with van der Waals surface area (Å²) in [4.78, 5) is 28.8. The quantitative estimate of drug-likeness (QED) is 0.782. The number of hydrogen-bond acceptors (Lipinski definition) is 3. The maximum atomic E-state index is 12.7. The minimum atomic E-state index is -0.223. The van der Waals surface area contributed by atoms with Gasteiger partial charge in [0, 0.05) is 30.0 Å². The van der Waals surface area contributed by atoms with Gasteiger partial charge in [0.05, 0.1) is 25.2 Å². The van der Waals surface area contributed by atoms with Crippen LogP contribution in [0.15, 0.2) is 54.6 Å². The molecule has 5 heteroatoms. The van der Waals surface area contributed by atoms with E-state index in [-0.39, 0.29) is 43.0 Å². The molecule has 2 saturated heterocycles. The second kappa shape index (κ2) is 8.20. The standard InChI is InChI=1S/C26H26N2O3/c29-17-23-26(21-12-10-19(11-13-21)7-6-18-4-2-1-3-5-18)22-15-27(16-25(31)28(22)23)24(30)14-20-8-9-20/h1-5,10-13,20,22-23,26,29H,8-9,14-17H2/t22-,23+,26+/m0/s1. The Bertz CT molecular complexity index is 1030. The van der Waals surface area contributed by atoms with E-state index in [2.05, 4.69) is 11.8 Å². The largest absolute Gasteiger partial charge is 0.394 e. The third kappa shape index (κ3) is 3.96. The van der Waals surface area contributed by atoms with Gasteiger partial charge in [-0.2, -0.15) is 0 Å². The van der Waals surface area contributed by atoms with Gasteiger partial charge in [-0.3, -0.25) is 9.59 Å². The zero-order valence-corrected chi connectivity index (χ0v) is 17.4. The molecule has 0 unspecified atom stereocenters. The monoisotopic (exact) mass is 414 g/mol. The van der Waals surface area contributed by atoms with Gasteiger partial charge in [-0.15, -0.1) is 0 Å². The topological polar surface area (TPSA) is 60.9 Å². The summed E-state index contributed by atoms with van der Waals surface area (Å²) in [6, 6.07) is 17.6. The van der Waals surface area contributed by atoms with E-state index in [0.717, 1.165) is 29.5 Å². The van der Waals surface area contributed by atoms with Crippen LogP contribution in [0.5, 0.6) is 0 Å². The number of hydrogen-bond donors (Lipinski definition) is 1. The first-order valence-electron chi connectivity index (χ1n) is 11.0. The summed E-state index contributed by atoms with van der Waals surface area (Å²) in [5.74, 6) is 6.91. The van der Waals surface area contributed by atoms with Gasteiger partial charge in [0.25, 0.3) is 0 Å². The molecule has 5 nitrogen and oxygen atoms in total. The predicted octanol–water partition coefficient (Wildman–Crippen LogP) is 2.38. The van der Waals surface area contributed by atoms with Crippen LogP contribution in [0.3, 0.4) is 0 Å². The Morgan fingerprint density at radius 3 is 2.32 bits per heavy atom. The fraction of sp³-hybridized carbons (Fsp3) is 0.385. The smallest absolute Gasteiger partial charge is 0.242 e. The highest BCUT2D eigenvalue weighted by Gasteiger charge is 2.54. The molecule has 3 aliphatic rings. The number of carbonyl (C=O) groups excluding carboxylic acids is 2. The van der Waals surface area contributed by atoms with Gasteiger partial charge < -0.3 is 14.9 Å². The van der Waals surface area contributed by atoms with Crippen LogP contribution in [0.2, 0.25) is 0 Å². The fourth-order valence-corrected chi connectivity index (χ4v) is 4.84. The van der Waals surface area contributed by atoms with E-state index >= 15 is 0 Å². The van der Waals surface area contributed by atoms with Crippen molar-refractivity contribution in [2.75, 3.05) is 19.7 Å². The Labute approximate surface area is 182 Å². The van der Waals surface area contributed by atoms with E-state index in [9.17, 15) is 14.7 Å². The van der Waals surface area contributed by atoms with Crippen molar-refractivity contribution in [3.05, 3.63) is 71.3 Å². The summed E-state index contributed by atoms with van der Waals surface area (Å²) in [6.45, 7) is 0.617. The second-order valence-electron chi connectivity index (χ2n) is 8.80. The zero-order chi connectivity index (χ0) is 21.4. The SMILES string of the molecule is O=C(CC1CC1)N1CC(=O)N2[C@H](CO)[C@H](c3ccc(C#Cc4ccccc4)cc3)[C@@H]2C1. The fourth-order valence-electron chi connectivity index (χ4n) is 4.84. The molecule has 1 saturated carbocycles. The summed E-state index contributed by atoms with van der Waals surface area (Å²) >= 11 is 0. The number of aliphatic hydroxyl groups excluding tert-OH is 1. The molecule has 0 aromatic heterocycles. The minimum absolute atomic E-state index is 0.0293. The van der Waals surface area contributed by atoms with Crippen LogP contribution in [-0.4, -0.2) is 58.5 Å². The molecule has 0 spiro atoms. The Morgan fingerprint density at radius 1 is 1.00 bits per heavy atom. The van der Waals surface area contributed by atoms with Crippen molar-refractivity contribution in [1.29, 1.82) is 0 Å². The van der Waals surface area contributed by atoms with E-state index in [1.807, 2.05) is 54.6 Å². The van der Waals surface area contributed by atoms with Gasteiger partial charge in [0.15, 0.2) is 0 Å². The normalized spacial score (nSPS) is 24.7. The summed E-state index contributed by atoms with van der Waals surface area (Å²) in [7, 11) is 0. The second-order valence-corrected chi connectivity index (χ2v) is 8.80. The summed E-state index contributed by atoms with van der Waals surface area (Å²) in [6.07, 6.45) is 2.80. The van der Waals surface area contributed by atoms with Crippen molar-refractivity contribution in [2.24, 2.45) is 5.92 Å². The molecular formula is C26H26N2O3. The van der Waals surface area contributed by atoms with Crippen molar-refractivity contribution < 1.29 is 14.7 Å². The third-order valence-corrected chi connectivity index (χ3v) is 6.69. The molecule has 2 aliphatic heterocycles. The average molecular weight is 415 g/mol. The van der Waals surface area contributed by atoms with Gasteiger partial charge in [-0.05, 0) is 48.6 Å². The highest BCUT2D eigenvalue weighted by molar-refractivity contribution is 5.88.